The Morgan fingerprint density at radius 1 is 1.29 bits per heavy atom. The van der Waals surface area contributed by atoms with Gasteiger partial charge in [0.15, 0.2) is 5.96 Å². The van der Waals surface area contributed by atoms with E-state index in [1.54, 1.807) is 30.7 Å². The molecule has 2 rings (SSSR count). The van der Waals surface area contributed by atoms with Crippen molar-refractivity contribution in [1.82, 2.24) is 20.9 Å². The molecule has 2 aromatic heterocycles. The zero-order valence-corrected chi connectivity index (χ0v) is 17.0. The number of halogens is 1. The van der Waals surface area contributed by atoms with E-state index in [1.165, 1.54) is 4.88 Å². The van der Waals surface area contributed by atoms with Crippen molar-refractivity contribution in [3.63, 3.8) is 0 Å². The fourth-order valence-electron chi connectivity index (χ4n) is 1.82. The molecule has 24 heavy (non-hydrogen) atoms. The zero-order chi connectivity index (χ0) is 16.7. The van der Waals surface area contributed by atoms with Gasteiger partial charge in [0.1, 0.15) is 10.8 Å². The van der Waals surface area contributed by atoms with Crippen molar-refractivity contribution in [2.24, 2.45) is 4.99 Å². The lowest BCUT2D eigenvalue weighted by Gasteiger charge is -2.10. The Bertz CT molecular complexity index is 650. The van der Waals surface area contributed by atoms with E-state index in [1.807, 2.05) is 19.9 Å². The van der Waals surface area contributed by atoms with Crippen LogP contribution in [0.5, 0.6) is 0 Å². The van der Waals surface area contributed by atoms with Crippen LogP contribution in [0.4, 0.5) is 0 Å². The fourth-order valence-corrected chi connectivity index (χ4v) is 2.69. The van der Waals surface area contributed by atoms with Gasteiger partial charge in [0.25, 0.3) is 0 Å². The molecule has 0 fully saturated rings. The number of nitrogens with one attached hydrogen (secondary N) is 3. The van der Waals surface area contributed by atoms with E-state index in [0.29, 0.717) is 19.0 Å². The first kappa shape index (κ1) is 20.4. The summed E-state index contributed by atoms with van der Waals surface area (Å²) < 4.78 is 5.15. The monoisotopic (exact) mass is 463 g/mol. The average molecular weight is 463 g/mol. The highest BCUT2D eigenvalue weighted by atomic mass is 127. The maximum absolute atomic E-state index is 11.8. The number of hydrogen-bond acceptors (Lipinski definition) is 5. The Morgan fingerprint density at radius 3 is 2.67 bits per heavy atom. The van der Waals surface area contributed by atoms with Gasteiger partial charge in [-0.05, 0) is 26.0 Å². The molecule has 2 aromatic rings. The summed E-state index contributed by atoms with van der Waals surface area (Å²) in [4.78, 5) is 21.5. The van der Waals surface area contributed by atoms with Crippen LogP contribution >= 0.6 is 35.3 Å². The first-order valence-corrected chi connectivity index (χ1v) is 8.06. The smallest absolute Gasteiger partial charge is 0.239 e. The summed E-state index contributed by atoms with van der Waals surface area (Å²) in [6.07, 6.45) is 1.58. The molecule has 0 aliphatic heterocycles. The maximum atomic E-state index is 11.8. The molecule has 9 heteroatoms. The van der Waals surface area contributed by atoms with Crippen LogP contribution in [-0.2, 0) is 17.9 Å². The number of rotatable bonds is 6. The molecule has 0 aliphatic rings. The summed E-state index contributed by atoms with van der Waals surface area (Å²) >= 11 is 1.65. The molecular formula is C15H22IN5O2S. The Balaban J connectivity index is 0.00000288. The number of thiazole rings is 1. The van der Waals surface area contributed by atoms with E-state index in [4.69, 9.17) is 4.42 Å². The van der Waals surface area contributed by atoms with Crippen LogP contribution in [0.25, 0.3) is 0 Å². The standard InChI is InChI=1S/C15H21N5O2S.HI/c1-10-11(2)23-14(20-10)9-19-15(16-3)18-8-13(21)17-7-12-5-4-6-22-12;/h4-6H,7-9H2,1-3H3,(H,17,21)(H2,16,18,19);1H. The lowest BCUT2D eigenvalue weighted by Crippen LogP contribution is -2.42. The molecule has 7 nitrogen and oxygen atoms in total. The third-order valence-corrected chi connectivity index (χ3v) is 4.23. The second-order valence-corrected chi connectivity index (χ2v) is 6.17. The van der Waals surface area contributed by atoms with Crippen molar-refractivity contribution in [2.45, 2.75) is 26.9 Å². The van der Waals surface area contributed by atoms with Crippen molar-refractivity contribution in [1.29, 1.82) is 0 Å². The van der Waals surface area contributed by atoms with E-state index in [0.717, 1.165) is 16.5 Å². The molecule has 3 N–H and O–H groups in total. The van der Waals surface area contributed by atoms with Crippen LogP contribution in [0.1, 0.15) is 21.3 Å². The quantitative estimate of drug-likeness (QED) is 0.346. The number of aromatic nitrogens is 1. The van der Waals surface area contributed by atoms with Crippen molar-refractivity contribution < 1.29 is 9.21 Å². The first-order chi connectivity index (χ1) is 11.1. The summed E-state index contributed by atoms with van der Waals surface area (Å²) in [6.45, 7) is 5.12. The van der Waals surface area contributed by atoms with Gasteiger partial charge in [-0.3, -0.25) is 9.79 Å². The van der Waals surface area contributed by atoms with Crippen LogP contribution in [0.3, 0.4) is 0 Å². The van der Waals surface area contributed by atoms with Crippen LogP contribution in [0, 0.1) is 13.8 Å². The highest BCUT2D eigenvalue weighted by molar-refractivity contribution is 14.0. The number of hydrogen-bond donors (Lipinski definition) is 3. The van der Waals surface area contributed by atoms with Gasteiger partial charge in [-0.1, -0.05) is 0 Å². The predicted molar refractivity (Wildman–Crippen MR) is 106 cm³/mol. The minimum Gasteiger partial charge on any atom is -0.467 e. The van der Waals surface area contributed by atoms with Gasteiger partial charge in [0, 0.05) is 11.9 Å². The molecule has 0 aliphatic carbocycles. The topological polar surface area (TPSA) is 91.5 Å². The van der Waals surface area contributed by atoms with Crippen molar-refractivity contribution in [3.8, 4) is 0 Å². The highest BCUT2D eigenvalue weighted by Gasteiger charge is 2.07. The average Bonchev–Trinajstić information content (AvgIpc) is 3.16. The van der Waals surface area contributed by atoms with Crippen molar-refractivity contribution in [2.75, 3.05) is 13.6 Å². The number of carbonyl (C=O) groups excluding carboxylic acids is 1. The largest absolute Gasteiger partial charge is 0.467 e. The molecule has 132 valence electrons. The second kappa shape index (κ2) is 10.3. The van der Waals surface area contributed by atoms with Crippen LogP contribution in [0.15, 0.2) is 27.8 Å². The van der Waals surface area contributed by atoms with Gasteiger partial charge in [-0.15, -0.1) is 35.3 Å². The van der Waals surface area contributed by atoms with Crippen molar-refractivity contribution >= 4 is 47.2 Å². The molecule has 0 atom stereocenters. The number of carbonyl (C=O) groups is 1. The number of aliphatic imine (C=N–C) groups is 1. The van der Waals surface area contributed by atoms with Gasteiger partial charge >= 0.3 is 0 Å². The summed E-state index contributed by atoms with van der Waals surface area (Å²) in [6, 6.07) is 3.60. The Kier molecular flexibility index (Phi) is 8.76. The summed E-state index contributed by atoms with van der Waals surface area (Å²) in [5.74, 6) is 1.14. The third-order valence-electron chi connectivity index (χ3n) is 3.16. The summed E-state index contributed by atoms with van der Waals surface area (Å²) in [5.41, 5.74) is 1.05. The molecule has 0 aromatic carbocycles. The van der Waals surface area contributed by atoms with Crippen LogP contribution < -0.4 is 16.0 Å². The molecule has 0 radical (unpaired) electrons. The molecule has 0 bridgehead atoms. The van der Waals surface area contributed by atoms with E-state index < -0.39 is 0 Å². The lowest BCUT2D eigenvalue weighted by atomic mass is 10.4. The maximum Gasteiger partial charge on any atom is 0.239 e. The molecule has 0 spiro atoms. The highest BCUT2D eigenvalue weighted by Crippen LogP contribution is 2.15. The molecule has 1 amide bonds. The van der Waals surface area contributed by atoms with Gasteiger partial charge in [0.2, 0.25) is 5.91 Å². The van der Waals surface area contributed by atoms with E-state index in [2.05, 4.69) is 25.9 Å². The van der Waals surface area contributed by atoms with Gasteiger partial charge in [0.05, 0.1) is 31.6 Å². The van der Waals surface area contributed by atoms with Crippen molar-refractivity contribution in [3.05, 3.63) is 39.7 Å². The number of guanidine groups is 1. The SMILES string of the molecule is CN=C(NCC(=O)NCc1ccco1)NCc1nc(C)c(C)s1.I. The van der Waals surface area contributed by atoms with E-state index in [-0.39, 0.29) is 36.4 Å². The van der Waals surface area contributed by atoms with E-state index in [9.17, 15) is 4.79 Å². The Labute approximate surface area is 162 Å². The lowest BCUT2D eigenvalue weighted by molar-refractivity contribution is -0.120. The summed E-state index contributed by atoms with van der Waals surface area (Å²) in [5, 5.41) is 9.86. The number of furan rings is 1. The molecule has 0 saturated carbocycles. The summed E-state index contributed by atoms with van der Waals surface area (Å²) in [7, 11) is 1.66. The van der Waals surface area contributed by atoms with Gasteiger partial charge < -0.3 is 20.4 Å². The Hall–Kier alpha value is -1.62. The van der Waals surface area contributed by atoms with Gasteiger partial charge in [-0.2, -0.15) is 0 Å². The molecule has 0 saturated heterocycles. The van der Waals surface area contributed by atoms with E-state index >= 15 is 0 Å². The molecule has 0 unspecified atom stereocenters. The number of aryl methyl sites for hydroxylation is 2. The predicted octanol–water partition coefficient (Wildman–Crippen LogP) is 1.95. The second-order valence-electron chi connectivity index (χ2n) is 4.88. The third kappa shape index (κ3) is 6.48. The minimum absolute atomic E-state index is 0. The first-order valence-electron chi connectivity index (χ1n) is 7.25. The number of nitrogens with zero attached hydrogens (tertiary/aromatic N) is 2. The number of amides is 1. The minimum atomic E-state index is -0.134. The van der Waals surface area contributed by atoms with Gasteiger partial charge in [-0.25, -0.2) is 4.98 Å². The zero-order valence-electron chi connectivity index (χ0n) is 13.9. The van der Waals surface area contributed by atoms with Crippen LogP contribution in [-0.4, -0.2) is 30.4 Å². The molecule has 2 heterocycles. The Morgan fingerprint density at radius 2 is 2.08 bits per heavy atom. The fraction of sp³-hybridized carbons (Fsp3) is 0.400. The van der Waals surface area contributed by atoms with Crippen LogP contribution in [0.2, 0.25) is 0 Å². The molecular weight excluding hydrogens is 441 g/mol. The normalized spacial score (nSPS) is 10.9.